The maximum Gasteiger partial charge on any atom is 0.220 e. The van der Waals surface area contributed by atoms with Gasteiger partial charge in [0.05, 0.1) is 0 Å². The lowest BCUT2D eigenvalue weighted by atomic mass is 9.81. The summed E-state index contributed by atoms with van der Waals surface area (Å²) >= 11 is 0. The number of carbonyl (C=O) groups excluding carboxylic acids is 2. The Hall–Kier alpha value is -1.10. The molecule has 0 saturated carbocycles. The molecule has 116 valence electrons. The van der Waals surface area contributed by atoms with Crippen LogP contribution in [0.3, 0.4) is 0 Å². The van der Waals surface area contributed by atoms with Crippen molar-refractivity contribution >= 4 is 11.8 Å². The molecule has 0 aromatic rings. The van der Waals surface area contributed by atoms with E-state index in [-0.39, 0.29) is 17.2 Å². The summed E-state index contributed by atoms with van der Waals surface area (Å²) in [6.45, 7) is 7.78. The number of nitrogens with one attached hydrogen (secondary N) is 3. The third kappa shape index (κ3) is 6.89. The van der Waals surface area contributed by atoms with Gasteiger partial charge in [-0.3, -0.25) is 9.59 Å². The van der Waals surface area contributed by atoms with E-state index in [9.17, 15) is 9.59 Å². The van der Waals surface area contributed by atoms with Crippen molar-refractivity contribution in [1.29, 1.82) is 0 Å². The SMILES string of the molecule is CCCNC(=O)CCCC(=O)NCC1(C)CCNCC1. The molecule has 1 rings (SSSR count). The third-order valence-electron chi connectivity index (χ3n) is 3.90. The molecule has 0 radical (unpaired) electrons. The van der Waals surface area contributed by atoms with E-state index in [0.717, 1.165) is 45.4 Å². The zero-order valence-electron chi connectivity index (χ0n) is 12.9. The Bertz CT molecular complexity index is 312. The highest BCUT2D eigenvalue weighted by Crippen LogP contribution is 2.26. The molecule has 5 heteroatoms. The quantitative estimate of drug-likeness (QED) is 0.626. The number of hydrogen-bond acceptors (Lipinski definition) is 3. The van der Waals surface area contributed by atoms with Crippen LogP contribution in [0.4, 0.5) is 0 Å². The molecule has 1 aliphatic heterocycles. The van der Waals surface area contributed by atoms with Gasteiger partial charge in [0.2, 0.25) is 11.8 Å². The van der Waals surface area contributed by atoms with Gasteiger partial charge < -0.3 is 16.0 Å². The maximum atomic E-state index is 11.8. The lowest BCUT2D eigenvalue weighted by molar-refractivity contribution is -0.122. The van der Waals surface area contributed by atoms with Crippen LogP contribution in [0.25, 0.3) is 0 Å². The molecule has 1 fully saturated rings. The summed E-state index contributed by atoms with van der Waals surface area (Å²) in [5.41, 5.74) is 0.222. The van der Waals surface area contributed by atoms with E-state index in [1.165, 1.54) is 0 Å². The molecule has 0 atom stereocenters. The molecular formula is C15H29N3O2. The normalized spacial score (nSPS) is 17.5. The molecule has 2 amide bonds. The van der Waals surface area contributed by atoms with Crippen molar-refractivity contribution in [1.82, 2.24) is 16.0 Å². The second-order valence-corrected chi connectivity index (χ2v) is 6.04. The summed E-state index contributed by atoms with van der Waals surface area (Å²) in [7, 11) is 0. The van der Waals surface area contributed by atoms with Gasteiger partial charge in [-0.05, 0) is 44.2 Å². The lowest BCUT2D eigenvalue weighted by Crippen LogP contribution is -2.42. The highest BCUT2D eigenvalue weighted by molar-refractivity contribution is 5.78. The molecule has 0 aromatic carbocycles. The minimum absolute atomic E-state index is 0.0463. The molecule has 0 unspecified atom stereocenters. The van der Waals surface area contributed by atoms with Gasteiger partial charge in [0, 0.05) is 25.9 Å². The van der Waals surface area contributed by atoms with Crippen LogP contribution >= 0.6 is 0 Å². The maximum absolute atomic E-state index is 11.8. The first kappa shape index (κ1) is 17.0. The van der Waals surface area contributed by atoms with Crippen LogP contribution in [-0.2, 0) is 9.59 Å². The monoisotopic (exact) mass is 283 g/mol. The molecule has 0 bridgehead atoms. The number of amides is 2. The molecular weight excluding hydrogens is 254 g/mol. The smallest absolute Gasteiger partial charge is 0.220 e. The lowest BCUT2D eigenvalue weighted by Gasteiger charge is -2.34. The molecule has 1 heterocycles. The number of hydrogen-bond donors (Lipinski definition) is 3. The minimum Gasteiger partial charge on any atom is -0.356 e. The van der Waals surface area contributed by atoms with Crippen molar-refractivity contribution in [3.05, 3.63) is 0 Å². The first-order valence-corrected chi connectivity index (χ1v) is 7.80. The summed E-state index contributed by atoms with van der Waals surface area (Å²) in [4.78, 5) is 23.2. The summed E-state index contributed by atoms with van der Waals surface area (Å²) in [5.74, 6) is 0.109. The molecule has 1 saturated heterocycles. The van der Waals surface area contributed by atoms with E-state index >= 15 is 0 Å². The van der Waals surface area contributed by atoms with Gasteiger partial charge in [0.1, 0.15) is 0 Å². The van der Waals surface area contributed by atoms with Crippen LogP contribution in [0.5, 0.6) is 0 Å². The largest absolute Gasteiger partial charge is 0.356 e. The Kier molecular flexibility index (Phi) is 7.59. The Morgan fingerprint density at radius 1 is 1.10 bits per heavy atom. The Morgan fingerprint density at radius 2 is 1.70 bits per heavy atom. The summed E-state index contributed by atoms with van der Waals surface area (Å²) in [5, 5.41) is 9.16. The fourth-order valence-electron chi connectivity index (χ4n) is 2.37. The average Bonchev–Trinajstić information content (AvgIpc) is 2.44. The van der Waals surface area contributed by atoms with E-state index < -0.39 is 0 Å². The molecule has 20 heavy (non-hydrogen) atoms. The fraction of sp³-hybridized carbons (Fsp3) is 0.867. The van der Waals surface area contributed by atoms with Crippen LogP contribution in [0.1, 0.15) is 52.4 Å². The van der Waals surface area contributed by atoms with Crippen LogP contribution < -0.4 is 16.0 Å². The van der Waals surface area contributed by atoms with Crippen molar-refractivity contribution in [2.24, 2.45) is 5.41 Å². The number of piperidine rings is 1. The van der Waals surface area contributed by atoms with E-state index in [2.05, 4.69) is 22.9 Å². The second kappa shape index (κ2) is 8.95. The standard InChI is InChI=1S/C15H29N3O2/c1-3-9-17-13(19)5-4-6-14(20)18-12-15(2)7-10-16-11-8-15/h16H,3-12H2,1-2H3,(H,17,19)(H,18,20). The molecule has 0 spiro atoms. The molecule has 3 N–H and O–H groups in total. The highest BCUT2D eigenvalue weighted by Gasteiger charge is 2.26. The summed E-state index contributed by atoms with van der Waals surface area (Å²) in [6.07, 6.45) is 4.65. The Balaban J connectivity index is 2.09. The van der Waals surface area contributed by atoms with Gasteiger partial charge >= 0.3 is 0 Å². The van der Waals surface area contributed by atoms with Crippen LogP contribution in [0.15, 0.2) is 0 Å². The summed E-state index contributed by atoms with van der Waals surface area (Å²) in [6, 6.07) is 0. The van der Waals surface area contributed by atoms with Crippen molar-refractivity contribution < 1.29 is 9.59 Å². The second-order valence-electron chi connectivity index (χ2n) is 6.04. The van der Waals surface area contributed by atoms with E-state index in [4.69, 9.17) is 0 Å². The third-order valence-corrected chi connectivity index (χ3v) is 3.90. The average molecular weight is 283 g/mol. The molecule has 5 nitrogen and oxygen atoms in total. The minimum atomic E-state index is 0.0463. The van der Waals surface area contributed by atoms with Crippen molar-refractivity contribution in [3.8, 4) is 0 Å². The van der Waals surface area contributed by atoms with Gasteiger partial charge in [-0.2, -0.15) is 0 Å². The molecule has 0 aromatic heterocycles. The van der Waals surface area contributed by atoms with Gasteiger partial charge in [-0.25, -0.2) is 0 Å². The van der Waals surface area contributed by atoms with Crippen LogP contribution in [-0.4, -0.2) is 38.0 Å². The fourth-order valence-corrected chi connectivity index (χ4v) is 2.37. The zero-order valence-corrected chi connectivity index (χ0v) is 12.9. The van der Waals surface area contributed by atoms with Crippen molar-refractivity contribution in [2.45, 2.75) is 52.4 Å². The van der Waals surface area contributed by atoms with Crippen molar-refractivity contribution in [3.63, 3.8) is 0 Å². The van der Waals surface area contributed by atoms with Gasteiger partial charge in [0.15, 0.2) is 0 Å². The van der Waals surface area contributed by atoms with Gasteiger partial charge in [0.25, 0.3) is 0 Å². The first-order chi connectivity index (χ1) is 9.56. The van der Waals surface area contributed by atoms with Crippen LogP contribution in [0.2, 0.25) is 0 Å². The number of rotatable bonds is 8. The topological polar surface area (TPSA) is 70.2 Å². The zero-order chi connectivity index (χ0) is 14.8. The van der Waals surface area contributed by atoms with Crippen LogP contribution in [0, 0.1) is 5.41 Å². The van der Waals surface area contributed by atoms with E-state index in [0.29, 0.717) is 19.3 Å². The number of carbonyl (C=O) groups is 2. The van der Waals surface area contributed by atoms with E-state index in [1.54, 1.807) is 0 Å². The van der Waals surface area contributed by atoms with Gasteiger partial charge in [-0.1, -0.05) is 13.8 Å². The van der Waals surface area contributed by atoms with E-state index in [1.807, 2.05) is 6.92 Å². The predicted octanol–water partition coefficient (Wildman–Crippen LogP) is 1.19. The highest BCUT2D eigenvalue weighted by atomic mass is 16.2. The van der Waals surface area contributed by atoms with Gasteiger partial charge in [-0.15, -0.1) is 0 Å². The Morgan fingerprint density at radius 3 is 2.30 bits per heavy atom. The molecule has 0 aliphatic carbocycles. The first-order valence-electron chi connectivity index (χ1n) is 7.80. The van der Waals surface area contributed by atoms with Crippen molar-refractivity contribution in [2.75, 3.05) is 26.2 Å². The Labute approximate surface area is 122 Å². The molecule has 1 aliphatic rings. The predicted molar refractivity (Wildman–Crippen MR) is 80.4 cm³/mol. The summed E-state index contributed by atoms with van der Waals surface area (Å²) < 4.78 is 0.